The summed E-state index contributed by atoms with van der Waals surface area (Å²) < 4.78 is 2.12. The van der Waals surface area contributed by atoms with E-state index in [1.165, 1.54) is 19.3 Å². The molecule has 5 N–H and O–H groups in total. The van der Waals surface area contributed by atoms with E-state index in [0.29, 0.717) is 32.4 Å². The number of rotatable bonds is 16. The molecule has 1 fully saturated rings. The van der Waals surface area contributed by atoms with Crippen LogP contribution >= 0.6 is 0 Å². The highest BCUT2D eigenvalue weighted by molar-refractivity contribution is 6.26. The van der Waals surface area contributed by atoms with Crippen molar-refractivity contribution in [1.29, 1.82) is 0 Å². The zero-order valence-corrected chi connectivity index (χ0v) is 20.3. The molecule has 0 saturated heterocycles. The number of nitrogens with zero attached hydrogens (tertiary/aromatic N) is 1. The van der Waals surface area contributed by atoms with Crippen LogP contribution in [0.4, 0.5) is 0 Å². The normalized spacial score (nSPS) is 23.6. The minimum Gasteiger partial charge on any atom is -0.481 e. The van der Waals surface area contributed by atoms with Crippen LogP contribution in [0.5, 0.6) is 0 Å². The molecule has 1 heterocycles. The van der Waals surface area contributed by atoms with Gasteiger partial charge in [0, 0.05) is 18.3 Å². The van der Waals surface area contributed by atoms with E-state index in [4.69, 9.17) is 15.9 Å². The van der Waals surface area contributed by atoms with E-state index in [2.05, 4.69) is 28.6 Å². The van der Waals surface area contributed by atoms with E-state index in [0.717, 1.165) is 18.6 Å². The molecule has 34 heavy (non-hydrogen) atoms. The number of nitrogens with two attached hydrogens (primary N) is 1. The van der Waals surface area contributed by atoms with E-state index in [-0.39, 0.29) is 36.5 Å². The number of allylic oxidation sites excluding steroid dienone is 3. The second kappa shape index (κ2) is 14.6. The number of hydrogen-bond acceptors (Lipinski definition) is 4. The summed E-state index contributed by atoms with van der Waals surface area (Å²) in [7, 11) is 0. The van der Waals surface area contributed by atoms with Crippen molar-refractivity contribution >= 4 is 29.6 Å². The summed E-state index contributed by atoms with van der Waals surface area (Å²) in [6.07, 6.45) is 18.9. The van der Waals surface area contributed by atoms with Crippen molar-refractivity contribution in [2.24, 2.45) is 17.6 Å². The van der Waals surface area contributed by atoms with Crippen LogP contribution < -0.4 is 10.7 Å². The van der Waals surface area contributed by atoms with Gasteiger partial charge in [0.15, 0.2) is 6.04 Å². The monoisotopic (exact) mass is 475 g/mol. The van der Waals surface area contributed by atoms with Gasteiger partial charge in [-0.25, -0.2) is 0 Å². The topological polar surface area (TPSA) is 135 Å². The maximum atomic E-state index is 13.0. The minimum atomic E-state index is -1.03. The van der Waals surface area contributed by atoms with E-state index in [1.54, 1.807) is 0 Å². The van der Waals surface area contributed by atoms with Crippen molar-refractivity contribution in [3.8, 4) is 0 Å². The fourth-order valence-corrected chi connectivity index (χ4v) is 4.69. The highest BCUT2D eigenvalue weighted by atomic mass is 16.4. The van der Waals surface area contributed by atoms with Gasteiger partial charge in [-0.15, -0.1) is 0 Å². The van der Waals surface area contributed by atoms with Crippen molar-refractivity contribution in [3.05, 3.63) is 24.3 Å². The lowest BCUT2D eigenvalue weighted by Gasteiger charge is -2.16. The first kappa shape index (κ1) is 27.6. The maximum Gasteiger partial charge on any atom is 0.333 e. The molecule has 0 amide bonds. The Balaban J connectivity index is 2.05. The SMILES string of the molecule is CCCCCC/C=C/[C@@H]1C(C/C=C\CCCC(=O)O)C(=O)CC1[N+]1=CC(CC(N)C(=O)O)=[NH+]C1. The average Bonchev–Trinajstić information content (AvgIpc) is 3.37. The molecule has 1 aliphatic carbocycles. The summed E-state index contributed by atoms with van der Waals surface area (Å²) in [5.74, 6) is -1.61. The van der Waals surface area contributed by atoms with Crippen LogP contribution in [-0.4, -0.2) is 63.2 Å². The van der Waals surface area contributed by atoms with E-state index >= 15 is 0 Å². The van der Waals surface area contributed by atoms with Crippen molar-refractivity contribution < 1.29 is 34.2 Å². The van der Waals surface area contributed by atoms with Crippen molar-refractivity contribution in [1.82, 2.24) is 0 Å². The third kappa shape index (κ3) is 8.97. The summed E-state index contributed by atoms with van der Waals surface area (Å²) in [4.78, 5) is 38.0. The number of aliphatic carboxylic acids is 2. The van der Waals surface area contributed by atoms with Crippen LogP contribution in [0, 0.1) is 11.8 Å². The highest BCUT2D eigenvalue weighted by Gasteiger charge is 2.48. The lowest BCUT2D eigenvalue weighted by Crippen LogP contribution is -2.73. The first-order valence-corrected chi connectivity index (χ1v) is 12.6. The second-order valence-corrected chi connectivity index (χ2v) is 9.34. The second-order valence-electron chi connectivity index (χ2n) is 9.34. The molecule has 2 rings (SSSR count). The minimum absolute atomic E-state index is 0.0239. The van der Waals surface area contributed by atoms with Gasteiger partial charge < -0.3 is 15.9 Å². The Bertz CT molecular complexity index is 830. The zero-order valence-electron chi connectivity index (χ0n) is 20.3. The van der Waals surface area contributed by atoms with Crippen LogP contribution in [0.25, 0.3) is 0 Å². The summed E-state index contributed by atoms with van der Waals surface area (Å²) in [5, 5.41) is 17.8. The molecule has 188 valence electrons. The first-order valence-electron chi connectivity index (χ1n) is 12.6. The zero-order chi connectivity index (χ0) is 24.9. The number of unbranched alkanes of at least 4 members (excludes halogenated alkanes) is 5. The third-order valence-corrected chi connectivity index (χ3v) is 6.63. The molecule has 3 unspecified atom stereocenters. The van der Waals surface area contributed by atoms with E-state index in [1.807, 2.05) is 18.4 Å². The first-order chi connectivity index (χ1) is 16.3. The van der Waals surface area contributed by atoms with Crippen LogP contribution in [0.1, 0.15) is 77.6 Å². The predicted molar refractivity (Wildman–Crippen MR) is 131 cm³/mol. The van der Waals surface area contributed by atoms with E-state index in [9.17, 15) is 14.4 Å². The Labute approximate surface area is 202 Å². The number of ketones is 1. The molecule has 8 nitrogen and oxygen atoms in total. The Hall–Kier alpha value is -2.61. The Morgan fingerprint density at radius 3 is 2.65 bits per heavy atom. The van der Waals surface area contributed by atoms with Crippen molar-refractivity contribution in [2.75, 3.05) is 6.67 Å². The lowest BCUT2D eigenvalue weighted by molar-refractivity contribution is -0.710. The van der Waals surface area contributed by atoms with Crippen LogP contribution in [0.3, 0.4) is 0 Å². The molecule has 4 atom stereocenters. The summed E-state index contributed by atoms with van der Waals surface area (Å²) in [5.41, 5.74) is 6.47. The van der Waals surface area contributed by atoms with Gasteiger partial charge in [0.1, 0.15) is 11.8 Å². The number of Topliss-reactive ketones (excluding diaryl/α,β-unsaturated/α-hetero) is 1. The van der Waals surface area contributed by atoms with Crippen molar-refractivity contribution in [3.63, 3.8) is 0 Å². The third-order valence-electron chi connectivity index (χ3n) is 6.63. The average molecular weight is 476 g/mol. The van der Waals surface area contributed by atoms with Crippen LogP contribution in [0.2, 0.25) is 0 Å². The molecular formula is C26H41N3O5+2. The molecule has 0 aromatic rings. The number of nitrogens with one attached hydrogen (secondary N) is 1. The lowest BCUT2D eigenvalue weighted by atomic mass is 9.89. The fourth-order valence-electron chi connectivity index (χ4n) is 4.69. The standard InChI is InChI=1S/C26H39N3O5/c1-2-3-4-5-6-9-12-20-21(13-10-7-8-11-14-25(31)32)24(30)16-23(20)29-17-19(28-18-29)15-22(27)26(33)34/h7,9-10,12,17,20-23H,2-6,8,11,13-16,18,27H2,1H3,(H-,31,32,33,34)/p+2/b10-7-,12-9+/t20-,21?,22?,23?/m1/s1. The molecule has 0 bridgehead atoms. The maximum absolute atomic E-state index is 13.0. The Kier molecular flexibility index (Phi) is 11.9. The summed E-state index contributed by atoms with van der Waals surface area (Å²) in [6, 6.07) is -0.933. The molecule has 1 saturated carbocycles. The summed E-state index contributed by atoms with van der Waals surface area (Å²) in [6.45, 7) is 2.73. The summed E-state index contributed by atoms with van der Waals surface area (Å²) >= 11 is 0. The Morgan fingerprint density at radius 1 is 1.18 bits per heavy atom. The molecule has 0 aromatic carbocycles. The van der Waals surface area contributed by atoms with Crippen LogP contribution in [-0.2, 0) is 14.4 Å². The number of carboxylic acid groups (broad SMARTS) is 2. The fraction of sp³-hybridized carbons (Fsp3) is 0.654. The van der Waals surface area contributed by atoms with Gasteiger partial charge in [0.25, 0.3) is 0 Å². The van der Waals surface area contributed by atoms with Gasteiger partial charge in [0.05, 0.1) is 12.8 Å². The Morgan fingerprint density at radius 2 is 1.94 bits per heavy atom. The quantitative estimate of drug-likeness (QED) is 0.152. The smallest absolute Gasteiger partial charge is 0.333 e. The molecule has 1 aliphatic heterocycles. The van der Waals surface area contributed by atoms with Gasteiger partial charge in [-0.05, 0) is 32.1 Å². The number of carbonyl (C=O) groups excluding carboxylic acids is 1. The molecule has 8 heteroatoms. The molecule has 2 aliphatic rings. The molecular weight excluding hydrogens is 434 g/mol. The van der Waals surface area contributed by atoms with Gasteiger partial charge in [-0.2, -0.15) is 9.57 Å². The largest absolute Gasteiger partial charge is 0.481 e. The highest BCUT2D eigenvalue weighted by Crippen LogP contribution is 2.35. The molecule has 0 radical (unpaired) electrons. The predicted octanol–water partition coefficient (Wildman–Crippen LogP) is 1.67. The van der Waals surface area contributed by atoms with Gasteiger partial charge in [-0.3, -0.25) is 14.4 Å². The number of carboxylic acids is 2. The number of carbonyl (C=O) groups is 3. The number of hydrogen-bond donors (Lipinski definition) is 4. The van der Waals surface area contributed by atoms with Crippen LogP contribution in [0.15, 0.2) is 24.3 Å². The molecule has 0 spiro atoms. The van der Waals surface area contributed by atoms with E-state index < -0.39 is 18.0 Å². The van der Waals surface area contributed by atoms with Gasteiger partial charge in [0.2, 0.25) is 11.9 Å². The van der Waals surface area contributed by atoms with Gasteiger partial charge in [-0.1, -0.05) is 50.5 Å². The molecule has 0 aromatic heterocycles. The van der Waals surface area contributed by atoms with Crippen molar-refractivity contribution in [2.45, 2.75) is 89.6 Å². The van der Waals surface area contributed by atoms with Gasteiger partial charge >= 0.3 is 18.6 Å².